The highest BCUT2D eigenvalue weighted by molar-refractivity contribution is 5.34. The molecular formula is C16H23N5O. The lowest BCUT2D eigenvalue weighted by Gasteiger charge is -2.29. The van der Waals surface area contributed by atoms with Gasteiger partial charge in [-0.15, -0.1) is 5.10 Å². The lowest BCUT2D eigenvalue weighted by atomic mass is 10.1. The Balaban J connectivity index is 1.59. The van der Waals surface area contributed by atoms with Crippen LogP contribution >= 0.6 is 0 Å². The molecule has 1 aliphatic rings. The molecule has 3 rings (SSSR count). The van der Waals surface area contributed by atoms with Crippen LogP contribution in [0.25, 0.3) is 5.69 Å². The Morgan fingerprint density at radius 1 is 1.32 bits per heavy atom. The van der Waals surface area contributed by atoms with Crippen LogP contribution in [-0.2, 0) is 13.2 Å². The van der Waals surface area contributed by atoms with Gasteiger partial charge in [-0.25, -0.2) is 4.68 Å². The minimum atomic E-state index is 0.0348. The van der Waals surface area contributed by atoms with Gasteiger partial charge in [0.15, 0.2) is 0 Å². The van der Waals surface area contributed by atoms with Crippen LogP contribution in [0, 0.1) is 0 Å². The third-order valence-electron chi connectivity index (χ3n) is 4.19. The first-order chi connectivity index (χ1) is 10.7. The summed E-state index contributed by atoms with van der Waals surface area (Å²) in [5, 5.41) is 21.2. The highest BCUT2D eigenvalue weighted by Crippen LogP contribution is 2.11. The van der Waals surface area contributed by atoms with E-state index in [9.17, 15) is 5.11 Å². The standard InChI is InChI=1S/C16H23N5O/c1-20-7-5-14(6-8-20)17-10-15-11-21(19-18-15)16-4-2-3-13(9-16)12-22/h2-4,9,11,14,17,22H,5-8,10,12H2,1H3. The van der Waals surface area contributed by atoms with Crippen molar-refractivity contribution in [3.63, 3.8) is 0 Å². The number of benzene rings is 1. The van der Waals surface area contributed by atoms with E-state index in [1.807, 2.05) is 30.5 Å². The average molecular weight is 301 g/mol. The molecule has 0 spiro atoms. The molecule has 2 heterocycles. The molecular weight excluding hydrogens is 278 g/mol. The van der Waals surface area contributed by atoms with Crippen molar-refractivity contribution in [3.05, 3.63) is 41.7 Å². The summed E-state index contributed by atoms with van der Waals surface area (Å²) in [5.74, 6) is 0. The van der Waals surface area contributed by atoms with Gasteiger partial charge in [-0.2, -0.15) is 0 Å². The Labute approximate surface area is 130 Å². The Morgan fingerprint density at radius 3 is 2.91 bits per heavy atom. The second-order valence-electron chi connectivity index (χ2n) is 5.94. The molecule has 1 fully saturated rings. The summed E-state index contributed by atoms with van der Waals surface area (Å²) in [4.78, 5) is 2.36. The zero-order chi connectivity index (χ0) is 15.4. The summed E-state index contributed by atoms with van der Waals surface area (Å²) >= 11 is 0. The lowest BCUT2D eigenvalue weighted by molar-refractivity contribution is 0.233. The number of aromatic nitrogens is 3. The van der Waals surface area contributed by atoms with Gasteiger partial charge in [0.05, 0.1) is 24.2 Å². The summed E-state index contributed by atoms with van der Waals surface area (Å²) < 4.78 is 1.75. The molecule has 2 aromatic rings. The molecule has 0 bridgehead atoms. The number of hydrogen-bond acceptors (Lipinski definition) is 5. The fourth-order valence-electron chi connectivity index (χ4n) is 2.76. The van der Waals surface area contributed by atoms with Crippen LogP contribution in [0.15, 0.2) is 30.5 Å². The maximum absolute atomic E-state index is 9.20. The second-order valence-corrected chi connectivity index (χ2v) is 5.94. The van der Waals surface area contributed by atoms with Gasteiger partial charge in [0.2, 0.25) is 0 Å². The number of likely N-dealkylation sites (tertiary alicyclic amines) is 1. The second kappa shape index (κ2) is 7.00. The van der Waals surface area contributed by atoms with E-state index in [-0.39, 0.29) is 6.61 Å². The Hall–Kier alpha value is -1.76. The molecule has 118 valence electrons. The summed E-state index contributed by atoms with van der Waals surface area (Å²) in [6, 6.07) is 8.26. The smallest absolute Gasteiger partial charge is 0.0969 e. The topological polar surface area (TPSA) is 66.2 Å². The van der Waals surface area contributed by atoms with Crippen molar-refractivity contribution in [2.45, 2.75) is 32.0 Å². The third-order valence-corrected chi connectivity index (χ3v) is 4.19. The molecule has 1 aromatic carbocycles. The molecule has 1 aliphatic heterocycles. The maximum Gasteiger partial charge on any atom is 0.0969 e. The largest absolute Gasteiger partial charge is 0.392 e. The quantitative estimate of drug-likeness (QED) is 0.860. The van der Waals surface area contributed by atoms with Crippen molar-refractivity contribution < 1.29 is 5.11 Å². The highest BCUT2D eigenvalue weighted by atomic mass is 16.3. The van der Waals surface area contributed by atoms with E-state index in [0.717, 1.165) is 36.6 Å². The van der Waals surface area contributed by atoms with E-state index >= 15 is 0 Å². The average Bonchev–Trinajstić information content (AvgIpc) is 3.03. The molecule has 6 heteroatoms. The van der Waals surface area contributed by atoms with Crippen molar-refractivity contribution in [2.75, 3.05) is 20.1 Å². The fourth-order valence-corrected chi connectivity index (χ4v) is 2.76. The van der Waals surface area contributed by atoms with Crippen molar-refractivity contribution in [2.24, 2.45) is 0 Å². The van der Waals surface area contributed by atoms with Gasteiger partial charge in [-0.05, 0) is 50.7 Å². The van der Waals surface area contributed by atoms with E-state index in [1.165, 1.54) is 12.8 Å². The van der Waals surface area contributed by atoms with Crippen molar-refractivity contribution in [3.8, 4) is 5.69 Å². The molecule has 0 aliphatic carbocycles. The molecule has 6 nitrogen and oxygen atoms in total. The monoisotopic (exact) mass is 301 g/mol. The van der Waals surface area contributed by atoms with Gasteiger partial charge in [0, 0.05) is 12.6 Å². The Bertz CT molecular complexity index is 604. The van der Waals surface area contributed by atoms with Crippen LogP contribution < -0.4 is 5.32 Å². The summed E-state index contributed by atoms with van der Waals surface area (Å²) in [6.45, 7) is 3.08. The first-order valence-corrected chi connectivity index (χ1v) is 7.78. The number of rotatable bonds is 5. The van der Waals surface area contributed by atoms with Crippen LogP contribution in [0.2, 0.25) is 0 Å². The van der Waals surface area contributed by atoms with E-state index in [2.05, 4.69) is 27.6 Å². The van der Waals surface area contributed by atoms with Gasteiger partial charge in [0.1, 0.15) is 0 Å². The summed E-state index contributed by atoms with van der Waals surface area (Å²) in [5.41, 5.74) is 2.73. The fraction of sp³-hybridized carbons (Fsp3) is 0.500. The van der Waals surface area contributed by atoms with E-state index < -0.39 is 0 Å². The highest BCUT2D eigenvalue weighted by Gasteiger charge is 2.16. The number of nitrogens with zero attached hydrogens (tertiary/aromatic N) is 4. The van der Waals surface area contributed by atoms with E-state index in [4.69, 9.17) is 0 Å². The Kier molecular flexibility index (Phi) is 4.82. The van der Waals surface area contributed by atoms with E-state index in [1.54, 1.807) is 4.68 Å². The van der Waals surface area contributed by atoms with Gasteiger partial charge in [-0.3, -0.25) is 0 Å². The number of piperidine rings is 1. The predicted octanol–water partition coefficient (Wildman–Crippen LogP) is 0.943. The third kappa shape index (κ3) is 3.71. The molecule has 0 amide bonds. The SMILES string of the molecule is CN1CCC(NCc2cn(-c3cccc(CO)c3)nn2)CC1. The molecule has 0 atom stereocenters. The summed E-state index contributed by atoms with van der Waals surface area (Å²) in [6.07, 6.45) is 4.31. The van der Waals surface area contributed by atoms with E-state index in [0.29, 0.717) is 6.04 Å². The number of nitrogens with one attached hydrogen (secondary N) is 1. The van der Waals surface area contributed by atoms with Crippen molar-refractivity contribution in [1.82, 2.24) is 25.2 Å². The van der Waals surface area contributed by atoms with Crippen LogP contribution in [0.1, 0.15) is 24.1 Å². The molecule has 1 saturated heterocycles. The number of aliphatic hydroxyl groups excluding tert-OH is 1. The van der Waals surface area contributed by atoms with Crippen molar-refractivity contribution in [1.29, 1.82) is 0 Å². The van der Waals surface area contributed by atoms with Crippen LogP contribution in [0.4, 0.5) is 0 Å². The van der Waals surface area contributed by atoms with Gasteiger partial charge < -0.3 is 15.3 Å². The molecule has 0 saturated carbocycles. The minimum Gasteiger partial charge on any atom is -0.392 e. The molecule has 0 radical (unpaired) electrons. The number of aliphatic hydroxyl groups is 1. The predicted molar refractivity (Wildman–Crippen MR) is 84.6 cm³/mol. The molecule has 0 unspecified atom stereocenters. The normalized spacial score (nSPS) is 17.0. The zero-order valence-electron chi connectivity index (χ0n) is 12.9. The molecule has 2 N–H and O–H groups in total. The van der Waals surface area contributed by atoms with Crippen LogP contribution in [0.5, 0.6) is 0 Å². The zero-order valence-corrected chi connectivity index (χ0v) is 12.9. The summed E-state index contributed by atoms with van der Waals surface area (Å²) in [7, 11) is 2.17. The first-order valence-electron chi connectivity index (χ1n) is 7.78. The lowest BCUT2D eigenvalue weighted by Crippen LogP contribution is -2.40. The van der Waals surface area contributed by atoms with Crippen molar-refractivity contribution >= 4 is 0 Å². The minimum absolute atomic E-state index is 0.0348. The van der Waals surface area contributed by atoms with Crippen LogP contribution in [0.3, 0.4) is 0 Å². The molecule has 1 aromatic heterocycles. The molecule has 22 heavy (non-hydrogen) atoms. The first kappa shape index (κ1) is 15.1. The van der Waals surface area contributed by atoms with Gasteiger partial charge >= 0.3 is 0 Å². The maximum atomic E-state index is 9.20. The van der Waals surface area contributed by atoms with Gasteiger partial charge in [0.25, 0.3) is 0 Å². The number of hydrogen-bond donors (Lipinski definition) is 2. The van der Waals surface area contributed by atoms with Gasteiger partial charge in [-0.1, -0.05) is 17.3 Å². The van der Waals surface area contributed by atoms with Crippen LogP contribution in [-0.4, -0.2) is 51.2 Å². The Morgan fingerprint density at radius 2 is 2.14 bits per heavy atom.